The monoisotopic (exact) mass is 204 g/mol. The second-order valence-corrected chi connectivity index (χ2v) is 3.91. The van der Waals surface area contributed by atoms with E-state index in [9.17, 15) is 0 Å². The summed E-state index contributed by atoms with van der Waals surface area (Å²) in [7, 11) is 0. The summed E-state index contributed by atoms with van der Waals surface area (Å²) in [5.74, 6) is 1.27. The molecule has 3 heteroatoms. The lowest BCUT2D eigenvalue weighted by Gasteiger charge is -2.11. The third kappa shape index (κ3) is 2.17. The van der Waals surface area contributed by atoms with E-state index in [1.807, 2.05) is 18.2 Å². The molecule has 2 atom stereocenters. The van der Waals surface area contributed by atoms with Crippen LogP contribution in [0.2, 0.25) is 0 Å². The van der Waals surface area contributed by atoms with Crippen molar-refractivity contribution in [3.05, 3.63) is 30.1 Å². The Morgan fingerprint density at radius 3 is 3.07 bits per heavy atom. The fourth-order valence-corrected chi connectivity index (χ4v) is 1.58. The van der Waals surface area contributed by atoms with E-state index in [-0.39, 0.29) is 0 Å². The molecule has 0 saturated carbocycles. The van der Waals surface area contributed by atoms with E-state index in [1.54, 1.807) is 6.20 Å². The molecule has 1 aliphatic heterocycles. The molecule has 0 radical (unpaired) electrons. The topological polar surface area (TPSA) is 34.5 Å². The van der Waals surface area contributed by atoms with Gasteiger partial charge in [0.15, 0.2) is 0 Å². The molecular formula is C12H16N2O. The first-order chi connectivity index (χ1) is 7.31. The molecule has 0 spiro atoms. The van der Waals surface area contributed by atoms with E-state index in [2.05, 4.69) is 23.8 Å². The van der Waals surface area contributed by atoms with Crippen LogP contribution in [0.15, 0.2) is 29.4 Å². The first kappa shape index (κ1) is 10.1. The van der Waals surface area contributed by atoms with E-state index in [4.69, 9.17) is 4.74 Å². The molecule has 1 aromatic heterocycles. The summed E-state index contributed by atoms with van der Waals surface area (Å²) in [4.78, 5) is 8.79. The molecule has 0 bridgehead atoms. The average molecular weight is 204 g/mol. The van der Waals surface area contributed by atoms with Gasteiger partial charge in [-0.1, -0.05) is 26.3 Å². The molecule has 2 rings (SSSR count). The predicted octanol–water partition coefficient (Wildman–Crippen LogP) is 2.27. The van der Waals surface area contributed by atoms with Crippen LogP contribution in [0.3, 0.4) is 0 Å². The molecule has 3 nitrogen and oxygen atoms in total. The van der Waals surface area contributed by atoms with Crippen molar-refractivity contribution in [3.63, 3.8) is 0 Å². The highest BCUT2D eigenvalue weighted by molar-refractivity contribution is 5.93. The Hall–Kier alpha value is -1.38. The zero-order valence-corrected chi connectivity index (χ0v) is 9.18. The third-order valence-corrected chi connectivity index (χ3v) is 2.86. The van der Waals surface area contributed by atoms with Crippen LogP contribution in [0.4, 0.5) is 0 Å². The largest absolute Gasteiger partial charge is 0.474 e. The van der Waals surface area contributed by atoms with Gasteiger partial charge in [0.1, 0.15) is 12.3 Å². The number of rotatable bonds is 3. The highest BCUT2D eigenvalue weighted by Gasteiger charge is 2.24. The van der Waals surface area contributed by atoms with Gasteiger partial charge in [-0.2, -0.15) is 0 Å². The normalized spacial score (nSPS) is 22.0. The number of hydrogen-bond donors (Lipinski definition) is 0. The number of nitrogens with zero attached hydrogens (tertiary/aromatic N) is 2. The Morgan fingerprint density at radius 2 is 2.40 bits per heavy atom. The van der Waals surface area contributed by atoms with Gasteiger partial charge in [-0.15, -0.1) is 0 Å². The van der Waals surface area contributed by atoms with Crippen molar-refractivity contribution in [2.45, 2.75) is 26.3 Å². The van der Waals surface area contributed by atoms with Gasteiger partial charge < -0.3 is 4.74 Å². The van der Waals surface area contributed by atoms with E-state index in [1.165, 1.54) is 0 Å². The van der Waals surface area contributed by atoms with Crippen LogP contribution in [0.5, 0.6) is 0 Å². The number of ether oxygens (including phenoxy) is 1. The van der Waals surface area contributed by atoms with Crippen LogP contribution in [-0.4, -0.2) is 23.5 Å². The number of aromatic nitrogens is 1. The van der Waals surface area contributed by atoms with Crippen molar-refractivity contribution in [1.29, 1.82) is 0 Å². The van der Waals surface area contributed by atoms with Crippen LogP contribution in [-0.2, 0) is 4.74 Å². The van der Waals surface area contributed by atoms with Crippen LogP contribution >= 0.6 is 0 Å². The lowest BCUT2D eigenvalue weighted by molar-refractivity contribution is 0.282. The Kier molecular flexibility index (Phi) is 2.99. The highest BCUT2D eigenvalue weighted by atomic mass is 16.5. The zero-order valence-electron chi connectivity index (χ0n) is 9.18. The van der Waals surface area contributed by atoms with Crippen molar-refractivity contribution < 1.29 is 4.74 Å². The maximum Gasteiger partial charge on any atom is 0.235 e. The minimum atomic E-state index is 0.298. The van der Waals surface area contributed by atoms with E-state index in [0.717, 1.165) is 12.1 Å². The molecule has 80 valence electrons. The summed E-state index contributed by atoms with van der Waals surface area (Å²) in [6.07, 6.45) is 2.89. The smallest absolute Gasteiger partial charge is 0.235 e. The molecular weight excluding hydrogens is 188 g/mol. The molecule has 0 aliphatic carbocycles. The fraction of sp³-hybridized carbons (Fsp3) is 0.500. The van der Waals surface area contributed by atoms with Crippen LogP contribution in [0.25, 0.3) is 0 Å². The number of pyridine rings is 1. The lowest BCUT2D eigenvalue weighted by Crippen LogP contribution is -2.16. The van der Waals surface area contributed by atoms with Crippen LogP contribution in [0.1, 0.15) is 26.0 Å². The molecule has 0 N–H and O–H groups in total. The Labute approximate surface area is 90.2 Å². The second-order valence-electron chi connectivity index (χ2n) is 3.91. The Balaban J connectivity index is 2.13. The number of hydrogen-bond acceptors (Lipinski definition) is 3. The van der Waals surface area contributed by atoms with Gasteiger partial charge in [-0.25, -0.2) is 4.99 Å². The van der Waals surface area contributed by atoms with E-state index in [0.29, 0.717) is 24.5 Å². The molecule has 15 heavy (non-hydrogen) atoms. The molecule has 0 aromatic carbocycles. The van der Waals surface area contributed by atoms with Crippen molar-refractivity contribution in [1.82, 2.24) is 4.98 Å². The summed E-state index contributed by atoms with van der Waals surface area (Å²) in [5.41, 5.74) is 0.836. The predicted molar refractivity (Wildman–Crippen MR) is 60.0 cm³/mol. The maximum absolute atomic E-state index is 5.56. The quantitative estimate of drug-likeness (QED) is 0.757. The van der Waals surface area contributed by atoms with Gasteiger partial charge in [0.25, 0.3) is 0 Å². The van der Waals surface area contributed by atoms with Crippen LogP contribution < -0.4 is 0 Å². The van der Waals surface area contributed by atoms with Crippen molar-refractivity contribution in [3.8, 4) is 0 Å². The minimum absolute atomic E-state index is 0.298. The molecule has 0 saturated heterocycles. The standard InChI is InChI=1S/C12H16N2O/c1-3-9(2)11-8-15-12(14-11)10-6-4-5-7-13-10/h4-7,9,11H,3,8H2,1-2H3/t9-,11+/m1/s1. The van der Waals surface area contributed by atoms with E-state index >= 15 is 0 Å². The summed E-state index contributed by atoms with van der Waals surface area (Å²) in [5, 5.41) is 0. The van der Waals surface area contributed by atoms with Gasteiger partial charge in [0, 0.05) is 6.20 Å². The highest BCUT2D eigenvalue weighted by Crippen LogP contribution is 2.18. The molecule has 1 aromatic rings. The first-order valence-corrected chi connectivity index (χ1v) is 5.43. The molecule has 0 fully saturated rings. The van der Waals surface area contributed by atoms with Gasteiger partial charge in [-0.3, -0.25) is 4.98 Å². The van der Waals surface area contributed by atoms with Crippen molar-refractivity contribution in [2.75, 3.05) is 6.61 Å². The SMILES string of the molecule is CC[C@@H](C)[C@@H]1COC(c2ccccn2)=N1. The van der Waals surface area contributed by atoms with Gasteiger partial charge >= 0.3 is 0 Å². The Bertz CT molecular complexity index is 348. The van der Waals surface area contributed by atoms with E-state index < -0.39 is 0 Å². The summed E-state index contributed by atoms with van der Waals surface area (Å²) < 4.78 is 5.56. The fourth-order valence-electron chi connectivity index (χ4n) is 1.58. The summed E-state index contributed by atoms with van der Waals surface area (Å²) in [6.45, 7) is 5.08. The van der Waals surface area contributed by atoms with Crippen molar-refractivity contribution >= 4 is 5.90 Å². The lowest BCUT2D eigenvalue weighted by atomic mass is 10.0. The third-order valence-electron chi connectivity index (χ3n) is 2.86. The molecule has 0 amide bonds. The maximum atomic E-state index is 5.56. The average Bonchev–Trinajstić information content (AvgIpc) is 2.78. The van der Waals surface area contributed by atoms with Gasteiger partial charge in [-0.05, 0) is 18.1 Å². The second kappa shape index (κ2) is 4.43. The molecule has 2 heterocycles. The first-order valence-electron chi connectivity index (χ1n) is 5.43. The Morgan fingerprint density at radius 1 is 1.53 bits per heavy atom. The minimum Gasteiger partial charge on any atom is -0.474 e. The zero-order chi connectivity index (χ0) is 10.7. The molecule has 0 unspecified atom stereocenters. The van der Waals surface area contributed by atoms with Crippen molar-refractivity contribution in [2.24, 2.45) is 10.9 Å². The summed E-state index contributed by atoms with van der Waals surface area (Å²) >= 11 is 0. The van der Waals surface area contributed by atoms with Gasteiger partial charge in [0.05, 0.1) is 6.04 Å². The van der Waals surface area contributed by atoms with Crippen LogP contribution in [0, 0.1) is 5.92 Å². The summed E-state index contributed by atoms with van der Waals surface area (Å²) in [6, 6.07) is 6.07. The van der Waals surface area contributed by atoms with Gasteiger partial charge in [0.2, 0.25) is 5.90 Å². The molecule has 1 aliphatic rings. The number of aliphatic imine (C=N–C) groups is 1.